The average molecular weight is 318 g/mol. The van der Waals surface area contributed by atoms with E-state index in [1.54, 1.807) is 24.3 Å². The third-order valence-corrected chi connectivity index (χ3v) is 4.24. The Bertz CT molecular complexity index is 720. The van der Waals surface area contributed by atoms with Gasteiger partial charge in [-0.25, -0.2) is 13.4 Å². The van der Waals surface area contributed by atoms with E-state index in [2.05, 4.69) is 9.71 Å². The van der Waals surface area contributed by atoms with Gasteiger partial charge in [0.15, 0.2) is 0 Å². The predicted molar refractivity (Wildman–Crippen MR) is 75.9 cm³/mol. The maximum absolute atomic E-state index is 12.1. The summed E-state index contributed by atoms with van der Waals surface area (Å²) in [7, 11) is -3.81. The minimum absolute atomic E-state index is 0.0679. The number of hydrogen-bond donors (Lipinski definition) is 2. The van der Waals surface area contributed by atoms with Crippen molar-refractivity contribution in [2.75, 3.05) is 10.5 Å². The minimum Gasteiger partial charge on any atom is -0.382 e. The quantitative estimate of drug-likeness (QED) is 0.911. The SMILES string of the molecule is Nc1ncc(S(=O)(=O)Nc2ccccc2Cl)cc1Cl. The van der Waals surface area contributed by atoms with E-state index in [1.165, 1.54) is 6.07 Å². The molecule has 1 aromatic carbocycles. The molecular weight excluding hydrogens is 309 g/mol. The summed E-state index contributed by atoms with van der Waals surface area (Å²) >= 11 is 11.6. The van der Waals surface area contributed by atoms with Crippen molar-refractivity contribution in [2.24, 2.45) is 0 Å². The topological polar surface area (TPSA) is 85.1 Å². The van der Waals surface area contributed by atoms with Crippen LogP contribution in [0.3, 0.4) is 0 Å². The number of aromatic nitrogens is 1. The lowest BCUT2D eigenvalue weighted by Crippen LogP contribution is -2.13. The molecule has 0 bridgehead atoms. The number of nitrogens with two attached hydrogens (primary N) is 1. The first kappa shape index (κ1) is 13.9. The summed E-state index contributed by atoms with van der Waals surface area (Å²) in [5, 5.41) is 0.364. The van der Waals surface area contributed by atoms with Crippen molar-refractivity contribution in [3.63, 3.8) is 0 Å². The van der Waals surface area contributed by atoms with Crippen molar-refractivity contribution in [1.29, 1.82) is 0 Å². The molecule has 2 aromatic rings. The van der Waals surface area contributed by atoms with Gasteiger partial charge in [0.2, 0.25) is 0 Å². The lowest BCUT2D eigenvalue weighted by Gasteiger charge is -2.09. The number of halogens is 2. The number of hydrogen-bond acceptors (Lipinski definition) is 4. The number of nitrogens with zero attached hydrogens (tertiary/aromatic N) is 1. The molecule has 0 fully saturated rings. The monoisotopic (exact) mass is 317 g/mol. The van der Waals surface area contributed by atoms with Crippen LogP contribution in [0.25, 0.3) is 0 Å². The molecule has 5 nitrogen and oxygen atoms in total. The van der Waals surface area contributed by atoms with Gasteiger partial charge in [-0.3, -0.25) is 4.72 Å². The molecule has 0 saturated carbocycles. The van der Waals surface area contributed by atoms with Crippen molar-refractivity contribution in [1.82, 2.24) is 4.98 Å². The third-order valence-electron chi connectivity index (χ3n) is 2.27. The Morgan fingerprint density at radius 3 is 2.47 bits per heavy atom. The number of pyridine rings is 1. The van der Waals surface area contributed by atoms with Crippen LogP contribution >= 0.6 is 23.2 Å². The van der Waals surface area contributed by atoms with Crippen molar-refractivity contribution in [3.05, 3.63) is 46.6 Å². The van der Waals surface area contributed by atoms with E-state index in [9.17, 15) is 8.42 Å². The number of nitrogen functional groups attached to an aromatic ring is 1. The van der Waals surface area contributed by atoms with Crippen LogP contribution in [0.15, 0.2) is 41.4 Å². The van der Waals surface area contributed by atoms with Gasteiger partial charge >= 0.3 is 0 Å². The normalized spacial score (nSPS) is 11.3. The zero-order valence-electron chi connectivity index (χ0n) is 9.47. The smallest absolute Gasteiger partial charge is 0.263 e. The Kier molecular flexibility index (Phi) is 3.84. The van der Waals surface area contributed by atoms with Crippen LogP contribution in [0.5, 0.6) is 0 Å². The van der Waals surface area contributed by atoms with Crippen LogP contribution in [0.2, 0.25) is 10.0 Å². The van der Waals surface area contributed by atoms with Gasteiger partial charge in [-0.2, -0.15) is 0 Å². The van der Waals surface area contributed by atoms with E-state index in [4.69, 9.17) is 28.9 Å². The van der Waals surface area contributed by atoms with Crippen LogP contribution in [0.1, 0.15) is 0 Å². The highest BCUT2D eigenvalue weighted by molar-refractivity contribution is 7.92. The maximum Gasteiger partial charge on any atom is 0.263 e. The van der Waals surface area contributed by atoms with Gasteiger partial charge in [0.1, 0.15) is 10.7 Å². The van der Waals surface area contributed by atoms with Gasteiger partial charge in [0.25, 0.3) is 10.0 Å². The first-order valence-corrected chi connectivity index (χ1v) is 7.32. The maximum atomic E-state index is 12.1. The van der Waals surface area contributed by atoms with E-state index in [1.807, 2.05) is 0 Å². The van der Waals surface area contributed by atoms with Gasteiger partial charge < -0.3 is 5.73 Å². The van der Waals surface area contributed by atoms with Gasteiger partial charge in [-0.15, -0.1) is 0 Å². The molecule has 0 spiro atoms. The molecule has 0 atom stereocenters. The van der Waals surface area contributed by atoms with Crippen LogP contribution < -0.4 is 10.5 Å². The second-order valence-electron chi connectivity index (χ2n) is 3.62. The van der Waals surface area contributed by atoms with E-state index >= 15 is 0 Å². The molecule has 1 heterocycles. The molecule has 0 amide bonds. The van der Waals surface area contributed by atoms with Crippen LogP contribution in [0, 0.1) is 0 Å². The summed E-state index contributed by atoms with van der Waals surface area (Å²) in [6, 6.07) is 7.71. The zero-order valence-corrected chi connectivity index (χ0v) is 11.8. The van der Waals surface area contributed by atoms with E-state index in [0.717, 1.165) is 6.20 Å². The standard InChI is InChI=1S/C11H9Cl2N3O2S/c12-8-3-1-2-4-10(8)16-19(17,18)7-5-9(13)11(14)15-6-7/h1-6,16H,(H2,14,15). The van der Waals surface area contributed by atoms with Crippen molar-refractivity contribution in [3.8, 4) is 0 Å². The summed E-state index contributed by atoms with van der Waals surface area (Å²) in [4.78, 5) is 3.61. The van der Waals surface area contributed by atoms with Gasteiger partial charge in [-0.1, -0.05) is 35.3 Å². The van der Waals surface area contributed by atoms with Gasteiger partial charge in [-0.05, 0) is 18.2 Å². The van der Waals surface area contributed by atoms with Gasteiger partial charge in [0.05, 0.1) is 15.7 Å². The molecule has 0 aliphatic carbocycles. The third kappa shape index (κ3) is 3.09. The second-order valence-corrected chi connectivity index (χ2v) is 6.12. The predicted octanol–water partition coefficient (Wildman–Crippen LogP) is 2.77. The lowest BCUT2D eigenvalue weighted by atomic mass is 10.3. The summed E-state index contributed by atoms with van der Waals surface area (Å²) in [5.74, 6) is 0.0679. The highest BCUT2D eigenvalue weighted by atomic mass is 35.5. The molecule has 0 aliphatic rings. The number of nitrogens with one attached hydrogen (secondary N) is 1. The highest BCUT2D eigenvalue weighted by Crippen LogP contribution is 2.25. The molecule has 0 aliphatic heterocycles. The minimum atomic E-state index is -3.81. The summed E-state index contributed by atoms with van der Waals surface area (Å²) in [5.41, 5.74) is 5.70. The van der Waals surface area contributed by atoms with Crippen molar-refractivity contribution >= 4 is 44.7 Å². The summed E-state index contributed by atoms with van der Waals surface area (Å²) in [6.07, 6.45) is 1.13. The fraction of sp³-hybridized carbons (Fsp3) is 0. The number of sulfonamides is 1. The van der Waals surface area contributed by atoms with Crippen LogP contribution in [0.4, 0.5) is 11.5 Å². The van der Waals surface area contributed by atoms with Crippen molar-refractivity contribution in [2.45, 2.75) is 4.90 Å². The van der Waals surface area contributed by atoms with Crippen LogP contribution in [-0.2, 0) is 10.0 Å². The Hall–Kier alpha value is -1.50. The molecule has 3 N–H and O–H groups in total. The number of anilines is 2. The molecule has 0 unspecified atom stereocenters. The van der Waals surface area contributed by atoms with Crippen LogP contribution in [-0.4, -0.2) is 13.4 Å². The summed E-state index contributed by atoms with van der Waals surface area (Å²) < 4.78 is 26.6. The Morgan fingerprint density at radius 2 is 1.84 bits per heavy atom. The van der Waals surface area contributed by atoms with Gasteiger partial charge in [0, 0.05) is 6.20 Å². The molecule has 100 valence electrons. The average Bonchev–Trinajstić information content (AvgIpc) is 2.35. The van der Waals surface area contributed by atoms with E-state index in [-0.39, 0.29) is 21.4 Å². The Balaban J connectivity index is 2.38. The first-order chi connectivity index (χ1) is 8.90. The fourth-order valence-electron chi connectivity index (χ4n) is 1.33. The number of para-hydroxylation sites is 1. The Labute approximate surface area is 120 Å². The lowest BCUT2D eigenvalue weighted by molar-refractivity contribution is 0.601. The summed E-state index contributed by atoms with van der Waals surface area (Å²) in [6.45, 7) is 0. The molecule has 0 radical (unpaired) electrons. The Morgan fingerprint density at radius 1 is 1.16 bits per heavy atom. The van der Waals surface area contributed by atoms with E-state index < -0.39 is 10.0 Å². The molecular formula is C11H9Cl2N3O2S. The fourth-order valence-corrected chi connectivity index (χ4v) is 2.85. The molecule has 2 rings (SSSR count). The van der Waals surface area contributed by atoms with Crippen molar-refractivity contribution < 1.29 is 8.42 Å². The molecule has 19 heavy (non-hydrogen) atoms. The molecule has 1 aromatic heterocycles. The first-order valence-electron chi connectivity index (χ1n) is 5.08. The molecule has 0 saturated heterocycles. The largest absolute Gasteiger partial charge is 0.382 e. The second kappa shape index (κ2) is 5.24. The molecule has 8 heteroatoms. The number of rotatable bonds is 3. The zero-order chi connectivity index (χ0) is 14.0. The van der Waals surface area contributed by atoms with E-state index in [0.29, 0.717) is 5.02 Å². The highest BCUT2D eigenvalue weighted by Gasteiger charge is 2.17. The number of benzene rings is 1.